The maximum Gasteiger partial charge on any atom is 0.259 e. The Hall–Kier alpha value is -2.93. The van der Waals surface area contributed by atoms with E-state index < -0.39 is 5.25 Å². The zero-order valence-electron chi connectivity index (χ0n) is 15.0. The fourth-order valence-electron chi connectivity index (χ4n) is 2.59. The first-order valence-electron chi connectivity index (χ1n) is 8.55. The van der Waals surface area contributed by atoms with Gasteiger partial charge in [-0.3, -0.25) is 14.4 Å². The van der Waals surface area contributed by atoms with E-state index in [1.807, 2.05) is 13.0 Å². The van der Waals surface area contributed by atoms with Gasteiger partial charge in [0.25, 0.3) is 5.56 Å². The molecule has 0 bridgehead atoms. The number of carbonyl (C=O) groups is 2. The number of para-hydroxylation sites is 1. The average Bonchev–Trinajstić information content (AvgIpc) is 2.66. The molecule has 0 aliphatic heterocycles. The number of thioether (sulfide) groups is 1. The lowest BCUT2D eigenvalue weighted by molar-refractivity contribution is -0.115. The van der Waals surface area contributed by atoms with Crippen LogP contribution in [0.4, 0.5) is 5.69 Å². The summed E-state index contributed by atoms with van der Waals surface area (Å²) in [5, 5.41) is 3.35. The van der Waals surface area contributed by atoms with Crippen LogP contribution in [0.25, 0.3) is 10.9 Å². The Morgan fingerprint density at radius 1 is 1.15 bits per heavy atom. The zero-order chi connectivity index (χ0) is 19.4. The molecule has 3 rings (SSSR count). The number of benzene rings is 2. The van der Waals surface area contributed by atoms with Crippen LogP contribution >= 0.6 is 11.8 Å². The standard InChI is InChI=1S/C20H19N3O3S/c1-3-17(19(26)21-14-10-8-13(9-11-14)12(2)24)27-20-22-16-7-5-4-6-15(16)18(25)23-20/h4-11,17H,3H2,1-2H3,(H,21,26)(H,22,23,25)/t17-/m1/s1. The van der Waals surface area contributed by atoms with Crippen LogP contribution in [0.2, 0.25) is 0 Å². The van der Waals surface area contributed by atoms with E-state index in [9.17, 15) is 14.4 Å². The molecule has 2 N–H and O–H groups in total. The van der Waals surface area contributed by atoms with Crippen LogP contribution in [-0.4, -0.2) is 26.9 Å². The summed E-state index contributed by atoms with van der Waals surface area (Å²) in [5.74, 6) is -0.213. The van der Waals surface area contributed by atoms with Crippen molar-refractivity contribution in [2.24, 2.45) is 0 Å². The average molecular weight is 381 g/mol. The minimum Gasteiger partial charge on any atom is -0.325 e. The molecule has 0 radical (unpaired) electrons. The molecule has 2 aromatic carbocycles. The van der Waals surface area contributed by atoms with Crippen LogP contribution in [-0.2, 0) is 4.79 Å². The Morgan fingerprint density at radius 3 is 2.52 bits per heavy atom. The summed E-state index contributed by atoms with van der Waals surface area (Å²) in [6.45, 7) is 3.39. The number of Topliss-reactive ketones (excluding diaryl/α,β-unsaturated/α-hetero) is 1. The number of aromatic nitrogens is 2. The fourth-order valence-corrected chi connectivity index (χ4v) is 3.49. The number of H-pyrrole nitrogens is 1. The van der Waals surface area contributed by atoms with E-state index in [1.165, 1.54) is 18.7 Å². The number of fused-ring (bicyclic) bond motifs is 1. The maximum absolute atomic E-state index is 12.6. The SMILES string of the molecule is CC[C@@H](Sc1nc2ccccc2c(=O)[nH]1)C(=O)Nc1ccc(C(C)=O)cc1. The number of rotatable bonds is 6. The molecule has 0 aliphatic rings. The number of anilines is 1. The highest BCUT2D eigenvalue weighted by molar-refractivity contribution is 8.00. The van der Waals surface area contributed by atoms with Crippen LogP contribution in [0.3, 0.4) is 0 Å². The van der Waals surface area contributed by atoms with Crippen molar-refractivity contribution in [3.8, 4) is 0 Å². The molecule has 0 aliphatic carbocycles. The lowest BCUT2D eigenvalue weighted by Gasteiger charge is -2.14. The lowest BCUT2D eigenvalue weighted by atomic mass is 10.1. The number of nitrogens with one attached hydrogen (secondary N) is 2. The van der Waals surface area contributed by atoms with Gasteiger partial charge in [0.2, 0.25) is 5.91 Å². The summed E-state index contributed by atoms with van der Waals surface area (Å²) in [5.41, 5.74) is 1.58. The van der Waals surface area contributed by atoms with Gasteiger partial charge in [0, 0.05) is 11.3 Å². The molecule has 1 amide bonds. The number of nitrogens with zero attached hydrogens (tertiary/aromatic N) is 1. The maximum atomic E-state index is 12.6. The molecule has 0 spiro atoms. The van der Waals surface area contributed by atoms with Crippen LogP contribution in [0, 0.1) is 0 Å². The molecular weight excluding hydrogens is 362 g/mol. The van der Waals surface area contributed by atoms with Crippen LogP contribution < -0.4 is 10.9 Å². The monoisotopic (exact) mass is 381 g/mol. The first-order valence-corrected chi connectivity index (χ1v) is 9.43. The highest BCUT2D eigenvalue weighted by Crippen LogP contribution is 2.24. The smallest absolute Gasteiger partial charge is 0.259 e. The van der Waals surface area contributed by atoms with Crippen molar-refractivity contribution >= 4 is 40.0 Å². The third kappa shape index (κ3) is 4.43. The van der Waals surface area contributed by atoms with Crippen molar-refractivity contribution in [1.82, 2.24) is 9.97 Å². The summed E-state index contributed by atoms with van der Waals surface area (Å²) < 4.78 is 0. The second-order valence-corrected chi connectivity index (χ2v) is 7.22. The topological polar surface area (TPSA) is 91.9 Å². The van der Waals surface area contributed by atoms with E-state index in [-0.39, 0.29) is 17.2 Å². The summed E-state index contributed by atoms with van der Waals surface area (Å²) in [6.07, 6.45) is 0.568. The molecule has 27 heavy (non-hydrogen) atoms. The predicted molar refractivity (Wildman–Crippen MR) is 107 cm³/mol. The van der Waals surface area contributed by atoms with Gasteiger partial charge in [0.05, 0.1) is 16.2 Å². The Bertz CT molecular complexity index is 1040. The van der Waals surface area contributed by atoms with Gasteiger partial charge in [-0.2, -0.15) is 0 Å². The molecule has 0 unspecified atom stereocenters. The van der Waals surface area contributed by atoms with Gasteiger partial charge in [-0.25, -0.2) is 4.98 Å². The summed E-state index contributed by atoms with van der Waals surface area (Å²) in [4.78, 5) is 43.3. The molecule has 0 fully saturated rings. The van der Waals surface area contributed by atoms with E-state index in [2.05, 4.69) is 15.3 Å². The number of aromatic amines is 1. The second kappa shape index (κ2) is 8.18. The van der Waals surface area contributed by atoms with Gasteiger partial charge >= 0.3 is 0 Å². The fraction of sp³-hybridized carbons (Fsp3) is 0.200. The van der Waals surface area contributed by atoms with E-state index in [4.69, 9.17) is 0 Å². The van der Waals surface area contributed by atoms with E-state index in [1.54, 1.807) is 42.5 Å². The van der Waals surface area contributed by atoms with Gasteiger partial charge in [-0.15, -0.1) is 0 Å². The molecule has 1 aromatic heterocycles. The van der Waals surface area contributed by atoms with Crippen LogP contribution in [0.15, 0.2) is 58.5 Å². The molecule has 0 saturated heterocycles. The second-order valence-electron chi connectivity index (χ2n) is 6.03. The van der Waals surface area contributed by atoms with Gasteiger partial charge < -0.3 is 10.3 Å². The Kier molecular flexibility index (Phi) is 5.71. The molecule has 3 aromatic rings. The summed E-state index contributed by atoms with van der Waals surface area (Å²) in [7, 11) is 0. The number of hydrogen-bond acceptors (Lipinski definition) is 5. The summed E-state index contributed by atoms with van der Waals surface area (Å²) in [6, 6.07) is 13.8. The van der Waals surface area contributed by atoms with Crippen molar-refractivity contribution in [1.29, 1.82) is 0 Å². The van der Waals surface area contributed by atoms with Crippen LogP contribution in [0.5, 0.6) is 0 Å². The van der Waals surface area contributed by atoms with Gasteiger partial charge in [-0.1, -0.05) is 30.8 Å². The molecule has 1 heterocycles. The van der Waals surface area contributed by atoms with E-state index in [0.29, 0.717) is 33.7 Å². The minimum atomic E-state index is -0.415. The van der Waals surface area contributed by atoms with Crippen molar-refractivity contribution in [2.45, 2.75) is 30.7 Å². The van der Waals surface area contributed by atoms with Gasteiger partial charge in [0.15, 0.2) is 10.9 Å². The minimum absolute atomic E-state index is 0.0267. The molecule has 0 saturated carbocycles. The number of carbonyl (C=O) groups excluding carboxylic acids is 2. The molecule has 138 valence electrons. The highest BCUT2D eigenvalue weighted by atomic mass is 32.2. The quantitative estimate of drug-likeness (QED) is 0.386. The molecular formula is C20H19N3O3S. The third-order valence-corrected chi connectivity index (χ3v) is 5.32. The van der Waals surface area contributed by atoms with Crippen molar-refractivity contribution in [3.05, 3.63) is 64.4 Å². The van der Waals surface area contributed by atoms with Gasteiger partial charge in [-0.05, 0) is 49.7 Å². The number of amides is 1. The van der Waals surface area contributed by atoms with Crippen molar-refractivity contribution in [3.63, 3.8) is 0 Å². The number of ketones is 1. The Balaban J connectivity index is 1.75. The zero-order valence-corrected chi connectivity index (χ0v) is 15.8. The van der Waals surface area contributed by atoms with Gasteiger partial charge in [0.1, 0.15) is 0 Å². The first kappa shape index (κ1) is 18.8. The third-order valence-electron chi connectivity index (χ3n) is 4.07. The molecule has 6 nitrogen and oxygen atoms in total. The number of hydrogen-bond donors (Lipinski definition) is 2. The largest absolute Gasteiger partial charge is 0.325 e. The first-order chi connectivity index (χ1) is 13.0. The summed E-state index contributed by atoms with van der Waals surface area (Å²) >= 11 is 1.22. The van der Waals surface area contributed by atoms with Crippen molar-refractivity contribution in [2.75, 3.05) is 5.32 Å². The van der Waals surface area contributed by atoms with Crippen molar-refractivity contribution < 1.29 is 9.59 Å². The highest BCUT2D eigenvalue weighted by Gasteiger charge is 2.20. The Morgan fingerprint density at radius 2 is 1.85 bits per heavy atom. The van der Waals surface area contributed by atoms with Crippen LogP contribution in [0.1, 0.15) is 30.6 Å². The molecule has 1 atom stereocenters. The lowest BCUT2D eigenvalue weighted by Crippen LogP contribution is -2.25. The Labute approximate surface area is 160 Å². The normalized spacial score (nSPS) is 11.9. The molecule has 7 heteroatoms. The van der Waals surface area contributed by atoms with E-state index in [0.717, 1.165) is 0 Å². The van der Waals surface area contributed by atoms with E-state index >= 15 is 0 Å². The predicted octanol–water partition coefficient (Wildman–Crippen LogP) is 3.64.